The van der Waals surface area contributed by atoms with Gasteiger partial charge in [-0.2, -0.15) is 0 Å². The number of ether oxygens (including phenoxy) is 3. The third-order valence-corrected chi connectivity index (χ3v) is 3.19. The van der Waals surface area contributed by atoms with Gasteiger partial charge < -0.3 is 14.2 Å². The van der Waals surface area contributed by atoms with Crippen LogP contribution < -0.4 is 14.2 Å². The molecule has 0 amide bonds. The van der Waals surface area contributed by atoms with Crippen LogP contribution in [-0.4, -0.2) is 19.7 Å². The predicted molar refractivity (Wildman–Crippen MR) is 84.7 cm³/mol. The number of methoxy groups -OCH3 is 1. The molecule has 0 atom stereocenters. The van der Waals surface area contributed by atoms with Crippen molar-refractivity contribution in [2.75, 3.05) is 13.7 Å². The Hall–Kier alpha value is -2.49. The van der Waals surface area contributed by atoms with Crippen molar-refractivity contribution in [3.8, 4) is 17.2 Å². The van der Waals surface area contributed by atoms with Crippen molar-refractivity contribution in [2.45, 2.75) is 20.3 Å². The van der Waals surface area contributed by atoms with Gasteiger partial charge in [0.05, 0.1) is 20.1 Å². The van der Waals surface area contributed by atoms with Crippen molar-refractivity contribution >= 4 is 5.97 Å². The summed E-state index contributed by atoms with van der Waals surface area (Å²) in [4.78, 5) is 11.9. The fraction of sp³-hybridized carbons (Fsp3) is 0.278. The molecule has 116 valence electrons. The van der Waals surface area contributed by atoms with Crippen LogP contribution in [0.3, 0.4) is 0 Å². The third-order valence-electron chi connectivity index (χ3n) is 3.19. The number of carbonyl (C=O) groups is 1. The van der Waals surface area contributed by atoms with Crippen LogP contribution in [0.15, 0.2) is 42.5 Å². The van der Waals surface area contributed by atoms with E-state index in [0.717, 1.165) is 11.3 Å². The zero-order chi connectivity index (χ0) is 15.9. The largest absolute Gasteiger partial charge is 0.493 e. The maximum absolute atomic E-state index is 11.9. The van der Waals surface area contributed by atoms with Gasteiger partial charge in [-0.05, 0) is 37.6 Å². The second-order valence-corrected chi connectivity index (χ2v) is 4.99. The summed E-state index contributed by atoms with van der Waals surface area (Å²) in [6.07, 6.45) is 0.172. The van der Waals surface area contributed by atoms with Crippen LogP contribution >= 0.6 is 0 Å². The average molecular weight is 300 g/mol. The van der Waals surface area contributed by atoms with Crippen molar-refractivity contribution in [3.05, 3.63) is 53.6 Å². The zero-order valence-electron chi connectivity index (χ0n) is 13.1. The first-order valence-electron chi connectivity index (χ1n) is 7.14. The molecule has 0 saturated heterocycles. The van der Waals surface area contributed by atoms with Crippen LogP contribution in [0.25, 0.3) is 0 Å². The third kappa shape index (κ3) is 4.25. The molecular formula is C18H20O4. The Morgan fingerprint density at radius 2 is 1.73 bits per heavy atom. The minimum atomic E-state index is -0.353. The van der Waals surface area contributed by atoms with Gasteiger partial charge in [-0.3, -0.25) is 4.79 Å². The van der Waals surface area contributed by atoms with Gasteiger partial charge in [0.25, 0.3) is 0 Å². The lowest BCUT2D eigenvalue weighted by atomic mass is 10.1. The molecule has 0 aliphatic rings. The topological polar surface area (TPSA) is 44.8 Å². The Bertz CT molecular complexity index is 649. The van der Waals surface area contributed by atoms with Crippen LogP contribution in [0.4, 0.5) is 0 Å². The van der Waals surface area contributed by atoms with E-state index in [1.807, 2.05) is 38.1 Å². The molecule has 4 nitrogen and oxygen atoms in total. The SMILES string of the molecule is COc1ccccc1OC(=O)CCOc1ccc(C)cc1C. The Kier molecular flexibility index (Phi) is 5.42. The lowest BCUT2D eigenvalue weighted by molar-refractivity contribution is -0.135. The van der Waals surface area contributed by atoms with E-state index in [9.17, 15) is 4.79 Å². The van der Waals surface area contributed by atoms with Gasteiger partial charge in [-0.15, -0.1) is 0 Å². The molecule has 2 aromatic rings. The molecule has 2 aromatic carbocycles. The number of para-hydroxylation sites is 2. The maximum Gasteiger partial charge on any atom is 0.314 e. The summed E-state index contributed by atoms with van der Waals surface area (Å²) in [5.74, 6) is 1.39. The lowest BCUT2D eigenvalue weighted by Gasteiger charge is -2.11. The van der Waals surface area contributed by atoms with Gasteiger partial charge in [0.15, 0.2) is 11.5 Å². The zero-order valence-corrected chi connectivity index (χ0v) is 13.1. The lowest BCUT2D eigenvalue weighted by Crippen LogP contribution is -2.13. The molecule has 0 aromatic heterocycles. The van der Waals surface area contributed by atoms with Crippen molar-refractivity contribution in [2.24, 2.45) is 0 Å². The number of esters is 1. The smallest absolute Gasteiger partial charge is 0.314 e. The Morgan fingerprint density at radius 1 is 1.00 bits per heavy atom. The molecule has 0 bridgehead atoms. The number of aryl methyl sites for hydroxylation is 2. The number of hydrogen-bond donors (Lipinski definition) is 0. The van der Waals surface area contributed by atoms with E-state index >= 15 is 0 Å². The van der Waals surface area contributed by atoms with E-state index in [1.54, 1.807) is 18.2 Å². The first kappa shape index (κ1) is 15.9. The fourth-order valence-corrected chi connectivity index (χ4v) is 2.08. The minimum absolute atomic E-state index is 0.172. The summed E-state index contributed by atoms with van der Waals surface area (Å²) >= 11 is 0. The molecule has 0 saturated carbocycles. The van der Waals surface area contributed by atoms with Crippen LogP contribution in [0.2, 0.25) is 0 Å². The maximum atomic E-state index is 11.9. The van der Waals surface area contributed by atoms with Crippen LogP contribution in [-0.2, 0) is 4.79 Å². The van der Waals surface area contributed by atoms with E-state index in [1.165, 1.54) is 12.7 Å². The predicted octanol–water partition coefficient (Wildman–Crippen LogP) is 3.69. The molecule has 4 heteroatoms. The molecular weight excluding hydrogens is 280 g/mol. The Morgan fingerprint density at radius 3 is 2.41 bits per heavy atom. The van der Waals surface area contributed by atoms with Gasteiger partial charge >= 0.3 is 5.97 Å². The highest BCUT2D eigenvalue weighted by Crippen LogP contribution is 2.26. The van der Waals surface area contributed by atoms with E-state index in [-0.39, 0.29) is 19.0 Å². The normalized spacial score (nSPS) is 10.1. The molecule has 0 heterocycles. The van der Waals surface area contributed by atoms with E-state index in [2.05, 4.69) is 0 Å². The molecule has 0 N–H and O–H groups in total. The summed E-state index contributed by atoms with van der Waals surface area (Å²) in [5.41, 5.74) is 2.23. The minimum Gasteiger partial charge on any atom is -0.493 e. The first-order valence-corrected chi connectivity index (χ1v) is 7.14. The summed E-state index contributed by atoms with van der Waals surface area (Å²) in [6, 6.07) is 13.0. The average Bonchev–Trinajstić information content (AvgIpc) is 2.50. The number of carbonyl (C=O) groups excluding carboxylic acids is 1. The highest BCUT2D eigenvalue weighted by molar-refractivity contribution is 5.73. The Balaban J connectivity index is 1.85. The van der Waals surface area contributed by atoms with Crippen molar-refractivity contribution in [3.63, 3.8) is 0 Å². The first-order chi connectivity index (χ1) is 10.6. The number of rotatable bonds is 6. The van der Waals surface area contributed by atoms with Crippen LogP contribution in [0, 0.1) is 13.8 Å². The molecule has 0 fully saturated rings. The van der Waals surface area contributed by atoms with E-state index in [0.29, 0.717) is 11.5 Å². The summed E-state index contributed by atoms with van der Waals surface area (Å²) in [5, 5.41) is 0. The quantitative estimate of drug-likeness (QED) is 0.603. The molecule has 0 unspecified atom stereocenters. The monoisotopic (exact) mass is 300 g/mol. The van der Waals surface area contributed by atoms with Gasteiger partial charge in [0.1, 0.15) is 5.75 Å². The molecule has 0 radical (unpaired) electrons. The molecule has 2 rings (SSSR count). The fourth-order valence-electron chi connectivity index (χ4n) is 2.08. The second-order valence-electron chi connectivity index (χ2n) is 4.99. The highest BCUT2D eigenvalue weighted by Gasteiger charge is 2.10. The summed E-state index contributed by atoms with van der Waals surface area (Å²) < 4.78 is 16.0. The van der Waals surface area contributed by atoms with Gasteiger partial charge in [-0.25, -0.2) is 0 Å². The van der Waals surface area contributed by atoms with E-state index < -0.39 is 0 Å². The Labute approximate surface area is 130 Å². The second kappa shape index (κ2) is 7.50. The van der Waals surface area contributed by atoms with Crippen LogP contribution in [0.1, 0.15) is 17.5 Å². The molecule has 0 spiro atoms. The van der Waals surface area contributed by atoms with E-state index in [4.69, 9.17) is 14.2 Å². The molecule has 22 heavy (non-hydrogen) atoms. The standard InChI is InChI=1S/C18H20O4/c1-13-8-9-15(14(2)12-13)21-11-10-18(19)22-17-7-5-4-6-16(17)20-3/h4-9,12H,10-11H2,1-3H3. The van der Waals surface area contributed by atoms with Crippen LogP contribution in [0.5, 0.6) is 17.2 Å². The van der Waals surface area contributed by atoms with Gasteiger partial charge in [0.2, 0.25) is 0 Å². The van der Waals surface area contributed by atoms with Gasteiger partial charge in [-0.1, -0.05) is 29.8 Å². The van der Waals surface area contributed by atoms with Crippen molar-refractivity contribution < 1.29 is 19.0 Å². The van der Waals surface area contributed by atoms with Crippen molar-refractivity contribution in [1.29, 1.82) is 0 Å². The highest BCUT2D eigenvalue weighted by atomic mass is 16.6. The number of benzene rings is 2. The molecule has 0 aliphatic carbocycles. The molecule has 0 aliphatic heterocycles. The number of hydrogen-bond acceptors (Lipinski definition) is 4. The van der Waals surface area contributed by atoms with Crippen molar-refractivity contribution in [1.82, 2.24) is 0 Å². The summed E-state index contributed by atoms with van der Waals surface area (Å²) in [6.45, 7) is 4.29. The summed E-state index contributed by atoms with van der Waals surface area (Å²) in [7, 11) is 1.54. The van der Waals surface area contributed by atoms with Gasteiger partial charge in [0, 0.05) is 0 Å².